The van der Waals surface area contributed by atoms with Gasteiger partial charge in [0.25, 0.3) is 11.8 Å². The van der Waals surface area contributed by atoms with E-state index in [2.05, 4.69) is 31.5 Å². The zero-order valence-electron chi connectivity index (χ0n) is 12.5. The first-order valence-corrected chi connectivity index (χ1v) is 7.68. The van der Waals surface area contributed by atoms with Crippen LogP contribution in [0.15, 0.2) is 47.2 Å². The number of aromatic nitrogens is 1. The van der Waals surface area contributed by atoms with E-state index in [1.165, 1.54) is 18.5 Å². The van der Waals surface area contributed by atoms with E-state index in [0.29, 0.717) is 30.0 Å². The Labute approximate surface area is 142 Å². The lowest BCUT2D eigenvalue weighted by Crippen LogP contribution is -2.27. The molecule has 0 saturated carbocycles. The molecule has 0 fully saturated rings. The lowest BCUT2D eigenvalue weighted by Gasteiger charge is -2.07. The molecular weight excluding hydrogens is 362 g/mol. The van der Waals surface area contributed by atoms with Crippen LogP contribution < -0.4 is 10.6 Å². The number of rotatable bonds is 6. The molecule has 120 valence electrons. The Hall–Kier alpha value is -2.25. The van der Waals surface area contributed by atoms with Gasteiger partial charge in [-0.1, -0.05) is 22.0 Å². The number of halogens is 1. The molecule has 1 aromatic heterocycles. The third-order valence-electron chi connectivity index (χ3n) is 2.94. The summed E-state index contributed by atoms with van der Waals surface area (Å²) in [4.78, 5) is 28.1. The molecule has 2 rings (SSSR count). The average Bonchev–Trinajstić information content (AvgIpc) is 2.55. The summed E-state index contributed by atoms with van der Waals surface area (Å²) in [6.45, 7) is 0.812. The predicted molar refractivity (Wildman–Crippen MR) is 90.5 cm³/mol. The number of benzene rings is 1. The van der Waals surface area contributed by atoms with Crippen molar-refractivity contribution in [1.29, 1.82) is 0 Å². The number of pyridine rings is 1. The second-order valence-electron chi connectivity index (χ2n) is 4.68. The van der Waals surface area contributed by atoms with Crippen molar-refractivity contribution in [2.45, 2.75) is 0 Å². The second-order valence-corrected chi connectivity index (χ2v) is 5.59. The van der Waals surface area contributed by atoms with Crippen molar-refractivity contribution >= 4 is 33.4 Å². The van der Waals surface area contributed by atoms with Gasteiger partial charge in [0.15, 0.2) is 0 Å². The van der Waals surface area contributed by atoms with Crippen LogP contribution in [-0.2, 0) is 4.74 Å². The summed E-state index contributed by atoms with van der Waals surface area (Å²) in [5.74, 6) is -0.631. The Kier molecular flexibility index (Phi) is 6.25. The largest absolute Gasteiger partial charge is 0.383 e. The van der Waals surface area contributed by atoms with E-state index in [0.717, 1.165) is 4.47 Å². The van der Waals surface area contributed by atoms with Gasteiger partial charge in [-0.2, -0.15) is 0 Å². The molecule has 2 amide bonds. The van der Waals surface area contributed by atoms with Gasteiger partial charge in [0.2, 0.25) is 0 Å². The molecule has 0 unspecified atom stereocenters. The molecule has 0 aliphatic carbocycles. The summed E-state index contributed by atoms with van der Waals surface area (Å²) in [6.07, 6.45) is 2.83. The van der Waals surface area contributed by atoms with Gasteiger partial charge in [0.05, 0.1) is 17.7 Å². The molecule has 7 heteroatoms. The Morgan fingerprint density at radius 2 is 1.91 bits per heavy atom. The summed E-state index contributed by atoms with van der Waals surface area (Å²) in [7, 11) is 1.56. The van der Waals surface area contributed by atoms with Crippen LogP contribution in [0.2, 0.25) is 0 Å². The number of amides is 2. The number of hydrogen-bond donors (Lipinski definition) is 2. The van der Waals surface area contributed by atoms with Gasteiger partial charge in [0.1, 0.15) is 0 Å². The van der Waals surface area contributed by atoms with Crippen LogP contribution in [-0.4, -0.2) is 37.1 Å². The van der Waals surface area contributed by atoms with Gasteiger partial charge in [0, 0.05) is 36.2 Å². The van der Waals surface area contributed by atoms with E-state index >= 15 is 0 Å². The lowest BCUT2D eigenvalue weighted by molar-refractivity contribution is 0.0936. The van der Waals surface area contributed by atoms with E-state index in [1.54, 1.807) is 19.2 Å². The lowest BCUT2D eigenvalue weighted by atomic mass is 10.2. The van der Waals surface area contributed by atoms with Crippen LogP contribution in [0, 0.1) is 0 Å². The summed E-state index contributed by atoms with van der Waals surface area (Å²) in [5, 5.41) is 5.44. The highest BCUT2D eigenvalue weighted by Crippen LogP contribution is 2.16. The van der Waals surface area contributed by atoms with Crippen molar-refractivity contribution in [3.8, 4) is 0 Å². The van der Waals surface area contributed by atoms with Crippen molar-refractivity contribution in [1.82, 2.24) is 10.3 Å². The van der Waals surface area contributed by atoms with Gasteiger partial charge < -0.3 is 15.4 Å². The topological polar surface area (TPSA) is 80.3 Å². The van der Waals surface area contributed by atoms with Crippen LogP contribution in [0.1, 0.15) is 20.7 Å². The summed E-state index contributed by atoms with van der Waals surface area (Å²) >= 11 is 3.34. The molecule has 0 saturated heterocycles. The molecule has 0 spiro atoms. The first kappa shape index (κ1) is 17.1. The third kappa shape index (κ3) is 5.15. The van der Waals surface area contributed by atoms with Crippen LogP contribution in [0.3, 0.4) is 0 Å². The number of carbonyl (C=O) groups excluding carboxylic acids is 2. The Bertz CT molecular complexity index is 706. The predicted octanol–water partition coefficient (Wildman–Crippen LogP) is 2.47. The molecule has 1 aromatic carbocycles. The molecule has 0 aliphatic heterocycles. The fourth-order valence-corrected chi connectivity index (χ4v) is 2.23. The normalized spacial score (nSPS) is 10.2. The number of hydrogen-bond acceptors (Lipinski definition) is 4. The first-order chi connectivity index (χ1) is 11.1. The minimum absolute atomic E-state index is 0.299. The summed E-state index contributed by atoms with van der Waals surface area (Å²) in [5.41, 5.74) is 1.28. The fourth-order valence-electron chi connectivity index (χ4n) is 1.83. The van der Waals surface area contributed by atoms with Crippen molar-refractivity contribution in [3.05, 3.63) is 58.3 Å². The minimum Gasteiger partial charge on any atom is -0.383 e. The highest BCUT2D eigenvalue weighted by molar-refractivity contribution is 9.10. The van der Waals surface area contributed by atoms with Gasteiger partial charge >= 0.3 is 0 Å². The number of carbonyl (C=O) groups is 2. The standard InChI is InChI=1S/C16H16BrN3O3/c1-23-6-5-19-15(21)11-7-12(10-18-9-11)16(22)20-14-4-2-3-13(17)8-14/h2-4,7-10H,5-6H2,1H3,(H,19,21)(H,20,22). The zero-order chi connectivity index (χ0) is 16.7. The number of methoxy groups -OCH3 is 1. The third-order valence-corrected chi connectivity index (χ3v) is 3.43. The Morgan fingerprint density at radius 3 is 2.61 bits per heavy atom. The highest BCUT2D eigenvalue weighted by Gasteiger charge is 2.11. The molecule has 0 atom stereocenters. The maximum absolute atomic E-state index is 12.2. The SMILES string of the molecule is COCCNC(=O)c1cncc(C(=O)Nc2cccc(Br)c2)c1. The number of nitrogens with zero attached hydrogens (tertiary/aromatic N) is 1. The maximum Gasteiger partial charge on any atom is 0.257 e. The van der Waals surface area contributed by atoms with E-state index < -0.39 is 0 Å². The van der Waals surface area contributed by atoms with Crippen LogP contribution in [0.25, 0.3) is 0 Å². The minimum atomic E-state index is -0.331. The fraction of sp³-hybridized carbons (Fsp3) is 0.188. The van der Waals surface area contributed by atoms with E-state index in [-0.39, 0.29) is 11.8 Å². The van der Waals surface area contributed by atoms with E-state index in [1.807, 2.05) is 12.1 Å². The number of nitrogens with one attached hydrogen (secondary N) is 2. The average molecular weight is 378 g/mol. The van der Waals surface area contributed by atoms with Crippen LogP contribution in [0.5, 0.6) is 0 Å². The van der Waals surface area contributed by atoms with Crippen molar-refractivity contribution in [2.24, 2.45) is 0 Å². The smallest absolute Gasteiger partial charge is 0.257 e. The highest BCUT2D eigenvalue weighted by atomic mass is 79.9. The summed E-state index contributed by atoms with van der Waals surface area (Å²) in [6, 6.07) is 8.74. The second kappa shape index (κ2) is 8.40. The number of anilines is 1. The van der Waals surface area contributed by atoms with E-state index in [9.17, 15) is 9.59 Å². The zero-order valence-corrected chi connectivity index (χ0v) is 14.1. The quantitative estimate of drug-likeness (QED) is 0.757. The van der Waals surface area contributed by atoms with Gasteiger partial charge in [-0.05, 0) is 24.3 Å². The van der Waals surface area contributed by atoms with Gasteiger partial charge in [-0.3, -0.25) is 14.6 Å². The monoisotopic (exact) mass is 377 g/mol. The van der Waals surface area contributed by atoms with E-state index in [4.69, 9.17) is 4.74 Å². The first-order valence-electron chi connectivity index (χ1n) is 6.89. The molecule has 0 bridgehead atoms. The van der Waals surface area contributed by atoms with Crippen LogP contribution in [0.4, 0.5) is 5.69 Å². The molecule has 23 heavy (non-hydrogen) atoms. The maximum atomic E-state index is 12.2. The molecule has 2 N–H and O–H groups in total. The molecule has 6 nitrogen and oxygen atoms in total. The van der Waals surface area contributed by atoms with Gasteiger partial charge in [-0.25, -0.2) is 0 Å². The molecule has 2 aromatic rings. The molecule has 0 aliphatic rings. The van der Waals surface area contributed by atoms with Crippen LogP contribution >= 0.6 is 15.9 Å². The van der Waals surface area contributed by atoms with Crippen molar-refractivity contribution in [3.63, 3.8) is 0 Å². The van der Waals surface area contributed by atoms with Gasteiger partial charge in [-0.15, -0.1) is 0 Å². The molecule has 1 heterocycles. The Morgan fingerprint density at radius 1 is 1.17 bits per heavy atom. The molecule has 0 radical (unpaired) electrons. The Balaban J connectivity index is 2.06. The van der Waals surface area contributed by atoms with Crippen molar-refractivity contribution in [2.75, 3.05) is 25.6 Å². The molecular formula is C16H16BrN3O3. The number of ether oxygens (including phenoxy) is 1. The summed E-state index contributed by atoms with van der Waals surface area (Å²) < 4.78 is 5.73. The van der Waals surface area contributed by atoms with Crippen molar-refractivity contribution < 1.29 is 14.3 Å².